The van der Waals surface area contributed by atoms with Crippen LogP contribution in [0.2, 0.25) is 0 Å². The average molecular weight is 262 g/mol. The lowest BCUT2D eigenvalue weighted by Gasteiger charge is -2.20. The summed E-state index contributed by atoms with van der Waals surface area (Å²) in [7, 11) is 0. The molecule has 0 aromatic carbocycles. The van der Waals surface area contributed by atoms with Crippen LogP contribution >= 0.6 is 0 Å². The Balaban J connectivity index is 1.52. The van der Waals surface area contributed by atoms with Gasteiger partial charge < -0.3 is 0 Å². The van der Waals surface area contributed by atoms with Gasteiger partial charge in [-0.15, -0.1) is 0 Å². The van der Waals surface area contributed by atoms with Crippen LogP contribution < -0.4 is 0 Å². The van der Waals surface area contributed by atoms with Crippen molar-refractivity contribution in [2.45, 2.75) is 90.4 Å². The van der Waals surface area contributed by atoms with Crippen LogP contribution in [0.5, 0.6) is 0 Å². The van der Waals surface area contributed by atoms with Crippen molar-refractivity contribution < 1.29 is 0 Å². The summed E-state index contributed by atoms with van der Waals surface area (Å²) in [4.78, 5) is 0. The number of hydrogen-bond acceptors (Lipinski definition) is 0. The van der Waals surface area contributed by atoms with Crippen molar-refractivity contribution in [1.82, 2.24) is 0 Å². The predicted octanol–water partition coefficient (Wildman–Crippen LogP) is 6.20. The molecule has 0 aromatic heterocycles. The molecule has 0 aromatic rings. The van der Waals surface area contributed by atoms with Crippen molar-refractivity contribution in [3.63, 3.8) is 0 Å². The van der Waals surface area contributed by atoms with Gasteiger partial charge >= 0.3 is 0 Å². The summed E-state index contributed by atoms with van der Waals surface area (Å²) in [6.07, 6.45) is 20.2. The molecule has 0 amide bonds. The molecule has 3 aliphatic rings. The molecule has 0 nitrogen and oxygen atoms in total. The van der Waals surface area contributed by atoms with E-state index in [0.29, 0.717) is 0 Å². The minimum absolute atomic E-state index is 1.000. The Bertz CT molecular complexity index is 261. The Morgan fingerprint density at radius 3 is 1.79 bits per heavy atom. The zero-order chi connectivity index (χ0) is 13.1. The second kappa shape index (κ2) is 6.64. The summed E-state index contributed by atoms with van der Waals surface area (Å²) in [5, 5.41) is 0. The van der Waals surface area contributed by atoms with Gasteiger partial charge in [-0.1, -0.05) is 64.7 Å². The van der Waals surface area contributed by atoms with E-state index in [0.717, 1.165) is 29.6 Å². The van der Waals surface area contributed by atoms with Crippen LogP contribution in [0.25, 0.3) is 0 Å². The molecule has 3 unspecified atom stereocenters. The summed E-state index contributed by atoms with van der Waals surface area (Å²) in [5.41, 5.74) is 0. The van der Waals surface area contributed by atoms with Crippen molar-refractivity contribution >= 4 is 0 Å². The van der Waals surface area contributed by atoms with Crippen LogP contribution in [0, 0.1) is 29.6 Å². The van der Waals surface area contributed by atoms with E-state index in [-0.39, 0.29) is 0 Å². The highest BCUT2D eigenvalue weighted by atomic mass is 14.4. The van der Waals surface area contributed by atoms with E-state index in [4.69, 9.17) is 0 Å². The maximum Gasteiger partial charge on any atom is -0.0386 e. The van der Waals surface area contributed by atoms with Gasteiger partial charge in [-0.25, -0.2) is 0 Å². The normalized spacial score (nSPS) is 38.7. The number of rotatable bonds is 3. The largest absolute Gasteiger partial charge is 0.0625 e. The molecule has 3 saturated carbocycles. The first-order valence-electron chi connectivity index (χ1n) is 9.31. The van der Waals surface area contributed by atoms with Crippen LogP contribution in [0.3, 0.4) is 0 Å². The lowest BCUT2D eigenvalue weighted by atomic mass is 9.85. The molecule has 0 heterocycles. The first kappa shape index (κ1) is 14.0. The van der Waals surface area contributed by atoms with Gasteiger partial charge in [-0.3, -0.25) is 0 Å². The van der Waals surface area contributed by atoms with E-state index in [2.05, 4.69) is 6.92 Å². The zero-order valence-corrected chi connectivity index (χ0v) is 13.1. The van der Waals surface area contributed by atoms with Gasteiger partial charge in [-0.2, -0.15) is 0 Å². The molecule has 19 heavy (non-hydrogen) atoms. The van der Waals surface area contributed by atoms with Gasteiger partial charge in [-0.05, 0) is 55.3 Å². The topological polar surface area (TPSA) is 0 Å². The molecule has 0 heteroatoms. The molecule has 0 aliphatic heterocycles. The van der Waals surface area contributed by atoms with Gasteiger partial charge in [0.1, 0.15) is 0 Å². The van der Waals surface area contributed by atoms with Crippen LogP contribution in [0.4, 0.5) is 0 Å². The molecule has 0 spiro atoms. The van der Waals surface area contributed by atoms with Crippen LogP contribution in [-0.4, -0.2) is 0 Å². The summed E-state index contributed by atoms with van der Waals surface area (Å²) in [5.74, 6) is 5.51. The lowest BCUT2D eigenvalue weighted by Crippen LogP contribution is -2.08. The highest BCUT2D eigenvalue weighted by Crippen LogP contribution is 2.44. The Morgan fingerprint density at radius 1 is 0.579 bits per heavy atom. The fourth-order valence-corrected chi connectivity index (χ4v) is 4.47. The Kier molecular flexibility index (Phi) is 4.87. The second-order valence-corrected chi connectivity index (χ2v) is 8.19. The minimum Gasteiger partial charge on any atom is -0.0625 e. The summed E-state index contributed by atoms with van der Waals surface area (Å²) in [6.45, 7) is 2.50. The SMILES string of the molecule is CC1CCCC(CC2CC2)CCC(C2CC2)CCC1. The fourth-order valence-electron chi connectivity index (χ4n) is 4.47. The molecule has 110 valence electrons. The van der Waals surface area contributed by atoms with E-state index < -0.39 is 0 Å². The predicted molar refractivity (Wildman–Crippen MR) is 83.1 cm³/mol. The standard InChI is InChI=1S/C19H34/c1-15-4-2-6-16(14-17-8-9-17)10-11-18(7-3-5-15)19-12-13-19/h15-19H,2-14H2,1H3. The van der Waals surface area contributed by atoms with E-state index in [1.54, 1.807) is 57.8 Å². The Labute approximate surface area is 120 Å². The quantitative estimate of drug-likeness (QED) is 0.568. The second-order valence-electron chi connectivity index (χ2n) is 8.19. The maximum absolute atomic E-state index is 2.50. The first-order chi connectivity index (χ1) is 9.31. The van der Waals surface area contributed by atoms with E-state index >= 15 is 0 Å². The van der Waals surface area contributed by atoms with Gasteiger partial charge in [0.05, 0.1) is 0 Å². The highest BCUT2D eigenvalue weighted by Gasteiger charge is 2.32. The third-order valence-corrected chi connectivity index (χ3v) is 6.18. The molecule has 0 bridgehead atoms. The zero-order valence-electron chi connectivity index (χ0n) is 13.1. The van der Waals surface area contributed by atoms with Gasteiger partial charge in [0.25, 0.3) is 0 Å². The minimum atomic E-state index is 1.000. The van der Waals surface area contributed by atoms with Crippen molar-refractivity contribution in [3.8, 4) is 0 Å². The van der Waals surface area contributed by atoms with E-state index in [9.17, 15) is 0 Å². The van der Waals surface area contributed by atoms with Crippen molar-refractivity contribution in [2.24, 2.45) is 29.6 Å². The van der Waals surface area contributed by atoms with Crippen LogP contribution in [0.1, 0.15) is 90.4 Å². The molecule has 0 N–H and O–H groups in total. The third kappa shape index (κ3) is 4.80. The number of hydrogen-bond donors (Lipinski definition) is 0. The molecular weight excluding hydrogens is 228 g/mol. The monoisotopic (exact) mass is 262 g/mol. The summed E-state index contributed by atoms with van der Waals surface area (Å²) < 4.78 is 0. The summed E-state index contributed by atoms with van der Waals surface area (Å²) >= 11 is 0. The first-order valence-corrected chi connectivity index (χ1v) is 9.31. The summed E-state index contributed by atoms with van der Waals surface area (Å²) in [6, 6.07) is 0. The van der Waals surface area contributed by atoms with E-state index in [1.165, 1.54) is 25.7 Å². The van der Waals surface area contributed by atoms with Gasteiger partial charge in [0.2, 0.25) is 0 Å². The fraction of sp³-hybridized carbons (Fsp3) is 1.00. The molecule has 3 rings (SSSR count). The smallest absolute Gasteiger partial charge is 0.0386 e. The van der Waals surface area contributed by atoms with Gasteiger partial charge in [0, 0.05) is 0 Å². The van der Waals surface area contributed by atoms with Crippen molar-refractivity contribution in [2.75, 3.05) is 0 Å². The average Bonchev–Trinajstić information content (AvgIpc) is 3.26. The van der Waals surface area contributed by atoms with Crippen LogP contribution in [0.15, 0.2) is 0 Å². The highest BCUT2D eigenvalue weighted by molar-refractivity contribution is 4.83. The Morgan fingerprint density at radius 2 is 1.11 bits per heavy atom. The molecule has 0 saturated heterocycles. The maximum atomic E-state index is 2.50. The van der Waals surface area contributed by atoms with E-state index in [1.807, 2.05) is 0 Å². The molecule has 3 fully saturated rings. The molecule has 0 radical (unpaired) electrons. The van der Waals surface area contributed by atoms with Crippen molar-refractivity contribution in [1.29, 1.82) is 0 Å². The molecular formula is C19H34. The molecule has 3 aliphatic carbocycles. The third-order valence-electron chi connectivity index (χ3n) is 6.18. The van der Waals surface area contributed by atoms with Crippen LogP contribution in [-0.2, 0) is 0 Å². The lowest BCUT2D eigenvalue weighted by molar-refractivity contribution is 0.313. The Hall–Kier alpha value is 0. The van der Waals surface area contributed by atoms with Crippen molar-refractivity contribution in [3.05, 3.63) is 0 Å². The van der Waals surface area contributed by atoms with Gasteiger partial charge in [0.15, 0.2) is 0 Å². The molecule has 3 atom stereocenters.